The lowest BCUT2D eigenvalue weighted by molar-refractivity contribution is -0.120. The summed E-state index contributed by atoms with van der Waals surface area (Å²) >= 11 is 0. The second-order valence-electron chi connectivity index (χ2n) is 8.56. The number of benzene rings is 2. The summed E-state index contributed by atoms with van der Waals surface area (Å²) in [4.78, 5) is 32.2. The van der Waals surface area contributed by atoms with E-state index < -0.39 is 0 Å². The summed E-state index contributed by atoms with van der Waals surface area (Å²) in [5.41, 5.74) is 4.27. The van der Waals surface area contributed by atoms with Gasteiger partial charge in [0.05, 0.1) is 12.8 Å². The van der Waals surface area contributed by atoms with Crippen molar-refractivity contribution in [3.8, 4) is 5.75 Å². The van der Waals surface area contributed by atoms with Gasteiger partial charge in [0.1, 0.15) is 11.6 Å². The summed E-state index contributed by atoms with van der Waals surface area (Å²) in [6.07, 6.45) is 3.11. The SMILES string of the molecule is COc1ccccc1NC(=O)c1ccnc(N2CCC(C(=O)Nc3cccc(C)c3C)CC2)c1. The van der Waals surface area contributed by atoms with Crippen molar-refractivity contribution in [1.82, 2.24) is 4.98 Å². The Balaban J connectivity index is 1.37. The molecule has 0 unspecified atom stereocenters. The van der Waals surface area contributed by atoms with E-state index in [0.29, 0.717) is 30.1 Å². The lowest BCUT2D eigenvalue weighted by Crippen LogP contribution is -2.38. The fraction of sp³-hybridized carbons (Fsp3) is 0.296. The standard InChI is InChI=1S/C27H30N4O3/c1-18-7-6-9-22(19(18)2)29-26(32)20-12-15-31(16-13-20)25-17-21(11-14-28-25)27(33)30-23-8-4-5-10-24(23)34-3/h4-11,14,17,20H,12-13,15-16H2,1-3H3,(H,29,32)(H,30,33). The molecule has 2 N–H and O–H groups in total. The summed E-state index contributed by atoms with van der Waals surface area (Å²) in [7, 11) is 1.57. The molecule has 7 heteroatoms. The van der Waals surface area contributed by atoms with Gasteiger partial charge in [-0.3, -0.25) is 9.59 Å². The number of aromatic nitrogens is 1. The summed E-state index contributed by atoms with van der Waals surface area (Å²) in [5.74, 6) is 1.13. The third-order valence-electron chi connectivity index (χ3n) is 6.42. The van der Waals surface area contributed by atoms with Crippen LogP contribution >= 0.6 is 0 Å². The quantitative estimate of drug-likeness (QED) is 0.554. The average Bonchev–Trinajstić information content (AvgIpc) is 2.87. The van der Waals surface area contributed by atoms with Gasteiger partial charge in [-0.15, -0.1) is 0 Å². The van der Waals surface area contributed by atoms with Crippen molar-refractivity contribution in [1.29, 1.82) is 0 Å². The van der Waals surface area contributed by atoms with Crippen LogP contribution in [-0.2, 0) is 4.79 Å². The van der Waals surface area contributed by atoms with E-state index in [4.69, 9.17) is 4.74 Å². The fourth-order valence-corrected chi connectivity index (χ4v) is 4.17. The second-order valence-corrected chi connectivity index (χ2v) is 8.56. The van der Waals surface area contributed by atoms with E-state index in [2.05, 4.69) is 20.5 Å². The number of nitrogens with one attached hydrogen (secondary N) is 2. The maximum Gasteiger partial charge on any atom is 0.255 e. The molecule has 176 valence electrons. The van der Waals surface area contributed by atoms with Crippen molar-refractivity contribution >= 4 is 29.0 Å². The van der Waals surface area contributed by atoms with Crippen LogP contribution in [0.25, 0.3) is 0 Å². The van der Waals surface area contributed by atoms with Crippen LogP contribution in [0.2, 0.25) is 0 Å². The van der Waals surface area contributed by atoms with Gasteiger partial charge >= 0.3 is 0 Å². The third-order valence-corrected chi connectivity index (χ3v) is 6.42. The second kappa shape index (κ2) is 10.4. The minimum Gasteiger partial charge on any atom is -0.495 e. The number of aryl methyl sites for hydroxylation is 1. The smallest absolute Gasteiger partial charge is 0.255 e. The molecular formula is C27H30N4O3. The Kier molecular flexibility index (Phi) is 7.11. The highest BCUT2D eigenvalue weighted by Crippen LogP contribution is 2.27. The number of methoxy groups -OCH3 is 1. The molecule has 1 aromatic heterocycles. The molecule has 0 radical (unpaired) electrons. The van der Waals surface area contributed by atoms with Crippen LogP contribution in [0, 0.1) is 19.8 Å². The topological polar surface area (TPSA) is 83.6 Å². The molecule has 7 nitrogen and oxygen atoms in total. The van der Waals surface area contributed by atoms with Gasteiger partial charge in [-0.1, -0.05) is 24.3 Å². The Morgan fingerprint density at radius 3 is 2.47 bits per heavy atom. The molecule has 1 saturated heterocycles. The summed E-state index contributed by atoms with van der Waals surface area (Å²) < 4.78 is 5.31. The van der Waals surface area contributed by atoms with E-state index in [1.165, 1.54) is 0 Å². The highest BCUT2D eigenvalue weighted by atomic mass is 16.5. The normalized spacial score (nSPS) is 13.9. The third kappa shape index (κ3) is 5.20. The highest BCUT2D eigenvalue weighted by molar-refractivity contribution is 6.05. The number of rotatable bonds is 6. The van der Waals surface area contributed by atoms with Crippen molar-refractivity contribution in [2.45, 2.75) is 26.7 Å². The molecule has 34 heavy (non-hydrogen) atoms. The molecule has 1 aliphatic rings. The van der Waals surface area contributed by atoms with Crippen LogP contribution in [0.15, 0.2) is 60.8 Å². The molecule has 0 aliphatic carbocycles. The van der Waals surface area contributed by atoms with Gasteiger partial charge < -0.3 is 20.3 Å². The molecular weight excluding hydrogens is 428 g/mol. The lowest BCUT2D eigenvalue weighted by Gasteiger charge is -2.32. The van der Waals surface area contributed by atoms with Crippen LogP contribution in [0.5, 0.6) is 5.75 Å². The van der Waals surface area contributed by atoms with Crippen LogP contribution < -0.4 is 20.3 Å². The average molecular weight is 459 g/mol. The predicted molar refractivity (Wildman–Crippen MR) is 135 cm³/mol. The zero-order chi connectivity index (χ0) is 24.1. The van der Waals surface area contributed by atoms with Crippen LogP contribution in [0.3, 0.4) is 0 Å². The number of amides is 2. The first-order chi connectivity index (χ1) is 16.5. The Labute approximate surface area is 200 Å². The Bertz CT molecular complexity index is 1190. The van der Waals surface area contributed by atoms with Gasteiger partial charge in [-0.05, 0) is 68.1 Å². The van der Waals surface area contributed by atoms with Crippen molar-refractivity contribution in [3.05, 3.63) is 77.5 Å². The van der Waals surface area contributed by atoms with Gasteiger partial charge in [0.2, 0.25) is 5.91 Å². The molecule has 4 rings (SSSR count). The Hall–Kier alpha value is -3.87. The molecule has 0 saturated carbocycles. The molecule has 0 spiro atoms. The molecule has 3 aromatic rings. The summed E-state index contributed by atoms with van der Waals surface area (Å²) in [6, 6.07) is 16.7. The maximum atomic E-state index is 12.8. The van der Waals surface area contributed by atoms with Crippen LogP contribution in [0.1, 0.15) is 34.3 Å². The van der Waals surface area contributed by atoms with E-state index in [1.54, 1.807) is 37.6 Å². The molecule has 2 amide bonds. The fourth-order valence-electron chi connectivity index (χ4n) is 4.17. The summed E-state index contributed by atoms with van der Waals surface area (Å²) in [6.45, 7) is 5.47. The lowest BCUT2D eigenvalue weighted by atomic mass is 9.95. The Morgan fingerprint density at radius 2 is 1.71 bits per heavy atom. The first kappa shape index (κ1) is 23.3. The zero-order valence-corrected chi connectivity index (χ0v) is 19.8. The first-order valence-corrected chi connectivity index (χ1v) is 11.5. The number of piperidine rings is 1. The van der Waals surface area contributed by atoms with E-state index in [1.807, 2.05) is 44.2 Å². The number of carbonyl (C=O) groups is 2. The van der Waals surface area contributed by atoms with Crippen LogP contribution in [-0.4, -0.2) is 37.0 Å². The van der Waals surface area contributed by atoms with E-state index in [0.717, 1.165) is 35.5 Å². The predicted octanol–water partition coefficient (Wildman–Crippen LogP) is 4.81. The molecule has 0 bridgehead atoms. The largest absolute Gasteiger partial charge is 0.495 e. The van der Waals surface area contributed by atoms with E-state index >= 15 is 0 Å². The van der Waals surface area contributed by atoms with Crippen molar-refractivity contribution in [2.24, 2.45) is 5.92 Å². The monoisotopic (exact) mass is 458 g/mol. The zero-order valence-electron chi connectivity index (χ0n) is 19.8. The van der Waals surface area contributed by atoms with Gasteiger partial charge in [0, 0.05) is 36.5 Å². The minimum absolute atomic E-state index is 0.0480. The van der Waals surface area contributed by atoms with Gasteiger partial charge in [-0.2, -0.15) is 0 Å². The van der Waals surface area contributed by atoms with Crippen LogP contribution in [0.4, 0.5) is 17.2 Å². The minimum atomic E-state index is -0.226. The number of carbonyl (C=O) groups excluding carboxylic acids is 2. The maximum absolute atomic E-state index is 12.8. The number of ether oxygens (including phenoxy) is 1. The number of hydrogen-bond donors (Lipinski definition) is 2. The molecule has 2 heterocycles. The van der Waals surface area contributed by atoms with Gasteiger partial charge in [-0.25, -0.2) is 4.98 Å². The summed E-state index contributed by atoms with van der Waals surface area (Å²) in [5, 5.41) is 5.99. The molecule has 0 atom stereocenters. The van der Waals surface area contributed by atoms with Crippen molar-refractivity contribution in [3.63, 3.8) is 0 Å². The van der Waals surface area contributed by atoms with E-state index in [-0.39, 0.29) is 17.7 Å². The first-order valence-electron chi connectivity index (χ1n) is 11.5. The van der Waals surface area contributed by atoms with Crippen molar-refractivity contribution in [2.75, 3.05) is 35.7 Å². The Morgan fingerprint density at radius 1 is 0.971 bits per heavy atom. The van der Waals surface area contributed by atoms with Gasteiger partial charge in [0.25, 0.3) is 5.91 Å². The van der Waals surface area contributed by atoms with Crippen molar-refractivity contribution < 1.29 is 14.3 Å². The van der Waals surface area contributed by atoms with E-state index in [9.17, 15) is 9.59 Å². The highest BCUT2D eigenvalue weighted by Gasteiger charge is 2.26. The number of nitrogens with zero attached hydrogens (tertiary/aromatic N) is 2. The number of hydrogen-bond acceptors (Lipinski definition) is 5. The molecule has 2 aromatic carbocycles. The molecule has 1 fully saturated rings. The van der Waals surface area contributed by atoms with Gasteiger partial charge in [0.15, 0.2) is 0 Å². The molecule has 1 aliphatic heterocycles. The number of anilines is 3. The number of para-hydroxylation sites is 2. The number of pyridine rings is 1.